The van der Waals surface area contributed by atoms with E-state index in [1.54, 1.807) is 0 Å². The third-order valence-corrected chi connectivity index (χ3v) is 5.30. The SMILES string of the molecule is O=C(NCC1(C2CC2)CC1)NC1CCCC(C(=O)O)C1. The van der Waals surface area contributed by atoms with Crippen LogP contribution >= 0.6 is 0 Å². The summed E-state index contributed by atoms with van der Waals surface area (Å²) in [5.41, 5.74) is 0.410. The fourth-order valence-electron chi connectivity index (χ4n) is 3.62. The third-order valence-electron chi connectivity index (χ3n) is 5.30. The first-order valence-corrected chi connectivity index (χ1v) is 7.86. The van der Waals surface area contributed by atoms with E-state index in [9.17, 15) is 9.59 Å². The first-order valence-electron chi connectivity index (χ1n) is 7.86. The van der Waals surface area contributed by atoms with Gasteiger partial charge < -0.3 is 15.7 Å². The highest BCUT2D eigenvalue weighted by atomic mass is 16.4. The van der Waals surface area contributed by atoms with E-state index in [0.717, 1.165) is 31.7 Å². The number of carboxylic acids is 1. The second-order valence-electron chi connectivity index (χ2n) is 6.86. The molecule has 20 heavy (non-hydrogen) atoms. The molecule has 0 heterocycles. The molecular formula is C15H24N2O3. The van der Waals surface area contributed by atoms with E-state index in [1.807, 2.05) is 0 Å². The summed E-state index contributed by atoms with van der Waals surface area (Å²) in [4.78, 5) is 22.9. The van der Waals surface area contributed by atoms with Crippen LogP contribution in [0, 0.1) is 17.3 Å². The lowest BCUT2D eigenvalue weighted by molar-refractivity contribution is -0.143. The van der Waals surface area contributed by atoms with E-state index >= 15 is 0 Å². The average Bonchev–Trinajstić information content (AvgIpc) is 3.27. The molecule has 3 rings (SSSR count). The maximum Gasteiger partial charge on any atom is 0.315 e. The highest BCUT2D eigenvalue weighted by Gasteiger charge is 2.53. The van der Waals surface area contributed by atoms with Crippen molar-refractivity contribution in [3.63, 3.8) is 0 Å². The highest BCUT2D eigenvalue weighted by molar-refractivity contribution is 5.75. The Morgan fingerprint density at radius 1 is 1.15 bits per heavy atom. The van der Waals surface area contributed by atoms with Gasteiger partial charge in [-0.25, -0.2) is 4.79 Å². The van der Waals surface area contributed by atoms with Crippen molar-refractivity contribution in [2.75, 3.05) is 6.54 Å². The van der Waals surface area contributed by atoms with E-state index in [0.29, 0.717) is 11.8 Å². The summed E-state index contributed by atoms with van der Waals surface area (Å²) in [6.07, 6.45) is 8.23. The Labute approximate surface area is 119 Å². The zero-order valence-electron chi connectivity index (χ0n) is 11.9. The number of hydrogen-bond donors (Lipinski definition) is 3. The number of carboxylic acid groups (broad SMARTS) is 1. The molecular weight excluding hydrogens is 256 g/mol. The Hall–Kier alpha value is -1.26. The van der Waals surface area contributed by atoms with Gasteiger partial charge in [-0.15, -0.1) is 0 Å². The minimum Gasteiger partial charge on any atom is -0.481 e. The number of carbonyl (C=O) groups excluding carboxylic acids is 1. The molecule has 2 amide bonds. The van der Waals surface area contributed by atoms with E-state index in [2.05, 4.69) is 10.6 Å². The molecule has 3 fully saturated rings. The summed E-state index contributed by atoms with van der Waals surface area (Å²) >= 11 is 0. The van der Waals surface area contributed by atoms with Crippen LogP contribution < -0.4 is 10.6 Å². The van der Waals surface area contributed by atoms with Gasteiger partial charge in [-0.05, 0) is 56.3 Å². The molecule has 0 bridgehead atoms. The molecule has 0 aromatic heterocycles. The van der Waals surface area contributed by atoms with Crippen molar-refractivity contribution in [1.82, 2.24) is 10.6 Å². The van der Waals surface area contributed by atoms with Crippen molar-refractivity contribution in [2.45, 2.75) is 57.4 Å². The molecule has 5 nitrogen and oxygen atoms in total. The summed E-state index contributed by atoms with van der Waals surface area (Å²) in [6.45, 7) is 0.790. The van der Waals surface area contributed by atoms with Crippen molar-refractivity contribution < 1.29 is 14.7 Å². The molecule has 3 saturated carbocycles. The Balaban J connectivity index is 1.41. The number of urea groups is 1. The molecule has 0 radical (unpaired) electrons. The summed E-state index contributed by atoms with van der Waals surface area (Å²) in [5, 5.41) is 15.0. The number of aliphatic carboxylic acids is 1. The van der Waals surface area contributed by atoms with Crippen molar-refractivity contribution in [1.29, 1.82) is 0 Å². The summed E-state index contributed by atoms with van der Waals surface area (Å²) in [5.74, 6) is -0.188. The van der Waals surface area contributed by atoms with E-state index in [4.69, 9.17) is 5.11 Å². The van der Waals surface area contributed by atoms with Gasteiger partial charge in [0.1, 0.15) is 0 Å². The van der Waals surface area contributed by atoms with Gasteiger partial charge in [-0.2, -0.15) is 0 Å². The molecule has 2 unspecified atom stereocenters. The van der Waals surface area contributed by atoms with Gasteiger partial charge in [0.2, 0.25) is 0 Å². The van der Waals surface area contributed by atoms with Gasteiger partial charge >= 0.3 is 12.0 Å². The first-order chi connectivity index (χ1) is 9.59. The van der Waals surface area contributed by atoms with Crippen LogP contribution in [0.5, 0.6) is 0 Å². The monoisotopic (exact) mass is 280 g/mol. The van der Waals surface area contributed by atoms with Gasteiger partial charge in [0.25, 0.3) is 0 Å². The minimum absolute atomic E-state index is 0.0147. The number of hydrogen-bond acceptors (Lipinski definition) is 2. The summed E-state index contributed by atoms with van der Waals surface area (Å²) in [7, 11) is 0. The van der Waals surface area contributed by atoms with Gasteiger partial charge in [0.15, 0.2) is 0 Å². The molecule has 0 aromatic carbocycles. The van der Waals surface area contributed by atoms with E-state index < -0.39 is 5.97 Å². The quantitative estimate of drug-likeness (QED) is 0.721. The molecule has 5 heteroatoms. The Bertz CT molecular complexity index is 402. The highest BCUT2D eigenvalue weighted by Crippen LogP contribution is 2.60. The smallest absolute Gasteiger partial charge is 0.315 e. The summed E-state index contributed by atoms with van der Waals surface area (Å²) < 4.78 is 0. The molecule has 2 atom stereocenters. The molecule has 0 spiro atoms. The molecule has 3 aliphatic rings. The minimum atomic E-state index is -0.734. The lowest BCUT2D eigenvalue weighted by Gasteiger charge is -2.27. The molecule has 112 valence electrons. The number of rotatable bonds is 5. The molecule has 0 saturated heterocycles. The van der Waals surface area contributed by atoms with Crippen LogP contribution in [-0.2, 0) is 4.79 Å². The first kappa shape index (κ1) is 13.7. The van der Waals surface area contributed by atoms with Crippen LogP contribution in [0.25, 0.3) is 0 Å². The average molecular weight is 280 g/mol. The third kappa shape index (κ3) is 3.07. The van der Waals surface area contributed by atoms with Crippen LogP contribution in [-0.4, -0.2) is 29.7 Å². The number of nitrogens with one attached hydrogen (secondary N) is 2. The fourth-order valence-corrected chi connectivity index (χ4v) is 3.62. The number of amides is 2. The second-order valence-corrected chi connectivity index (χ2v) is 6.86. The molecule has 0 aromatic rings. The Kier molecular flexibility index (Phi) is 3.61. The van der Waals surface area contributed by atoms with Crippen molar-refractivity contribution in [2.24, 2.45) is 17.3 Å². The van der Waals surface area contributed by atoms with E-state index in [1.165, 1.54) is 25.7 Å². The van der Waals surface area contributed by atoms with Gasteiger partial charge in [0.05, 0.1) is 5.92 Å². The summed E-state index contributed by atoms with van der Waals surface area (Å²) in [6, 6.07) is -0.103. The predicted octanol–water partition coefficient (Wildman–Crippen LogP) is 2.12. The Morgan fingerprint density at radius 3 is 2.50 bits per heavy atom. The van der Waals surface area contributed by atoms with Crippen LogP contribution in [0.2, 0.25) is 0 Å². The molecule has 3 N–H and O–H groups in total. The van der Waals surface area contributed by atoms with Gasteiger partial charge in [-0.3, -0.25) is 4.79 Å². The number of carbonyl (C=O) groups is 2. The largest absolute Gasteiger partial charge is 0.481 e. The van der Waals surface area contributed by atoms with Crippen LogP contribution in [0.1, 0.15) is 51.4 Å². The fraction of sp³-hybridized carbons (Fsp3) is 0.867. The van der Waals surface area contributed by atoms with E-state index in [-0.39, 0.29) is 18.0 Å². The Morgan fingerprint density at radius 2 is 1.90 bits per heavy atom. The topological polar surface area (TPSA) is 78.4 Å². The molecule has 3 aliphatic carbocycles. The van der Waals surface area contributed by atoms with Crippen LogP contribution in [0.15, 0.2) is 0 Å². The zero-order valence-corrected chi connectivity index (χ0v) is 11.9. The standard InChI is InChI=1S/C15H24N2O3/c18-13(19)10-2-1-3-12(8-10)17-14(20)16-9-15(6-7-15)11-4-5-11/h10-12H,1-9H2,(H,18,19)(H2,16,17,20). The van der Waals surface area contributed by atoms with Gasteiger partial charge in [0, 0.05) is 12.6 Å². The normalized spacial score (nSPS) is 31.4. The lowest BCUT2D eigenvalue weighted by Crippen LogP contribution is -2.46. The van der Waals surface area contributed by atoms with Crippen LogP contribution in [0.3, 0.4) is 0 Å². The van der Waals surface area contributed by atoms with Crippen LogP contribution in [0.4, 0.5) is 4.79 Å². The van der Waals surface area contributed by atoms with Crippen molar-refractivity contribution in [3.8, 4) is 0 Å². The van der Waals surface area contributed by atoms with Crippen molar-refractivity contribution in [3.05, 3.63) is 0 Å². The zero-order chi connectivity index (χ0) is 14.2. The maximum atomic E-state index is 11.9. The van der Waals surface area contributed by atoms with Gasteiger partial charge in [-0.1, -0.05) is 6.42 Å². The second kappa shape index (κ2) is 5.26. The predicted molar refractivity (Wildman–Crippen MR) is 74.3 cm³/mol. The lowest BCUT2D eigenvalue weighted by atomic mass is 9.86. The maximum absolute atomic E-state index is 11.9. The van der Waals surface area contributed by atoms with Crippen molar-refractivity contribution >= 4 is 12.0 Å². The molecule has 0 aliphatic heterocycles.